The first-order chi connectivity index (χ1) is 8.77. The maximum absolute atomic E-state index is 11.1. The molecule has 0 aliphatic carbocycles. The first kappa shape index (κ1) is 15.5. The third kappa shape index (κ3) is 3.96. The van der Waals surface area contributed by atoms with Crippen LogP contribution in [0.4, 0.5) is 0 Å². The molecule has 0 aromatic heterocycles. The number of carbonyl (C=O) groups excluding carboxylic acids is 1. The monoisotopic (exact) mass is 329 g/mol. The number of carboxylic acids is 1. The van der Waals surface area contributed by atoms with Gasteiger partial charge in [-0.15, -0.1) is 0 Å². The smallest absolute Gasteiger partial charge is 0.394 e. The van der Waals surface area contributed by atoms with E-state index in [4.69, 9.17) is 9.84 Å². The minimum atomic E-state index is -1.49. The van der Waals surface area contributed by atoms with Crippen LogP contribution < -0.4 is 10.1 Å². The molecule has 104 valence electrons. The van der Waals surface area contributed by atoms with Gasteiger partial charge in [0.05, 0.1) is 7.11 Å². The Kier molecular flexibility index (Phi) is 4.94. The second-order valence-electron chi connectivity index (χ2n) is 4.72. The van der Waals surface area contributed by atoms with Gasteiger partial charge in [0.15, 0.2) is 0 Å². The number of ether oxygens (including phenoxy) is 1. The van der Waals surface area contributed by atoms with Crippen LogP contribution in [0.2, 0.25) is 0 Å². The summed E-state index contributed by atoms with van der Waals surface area (Å²) < 4.78 is 6.18. The summed E-state index contributed by atoms with van der Waals surface area (Å²) in [5, 5.41) is 10.9. The fourth-order valence-corrected chi connectivity index (χ4v) is 2.04. The van der Waals surface area contributed by atoms with Gasteiger partial charge in [-0.25, -0.2) is 4.79 Å². The van der Waals surface area contributed by atoms with Gasteiger partial charge >= 0.3 is 11.9 Å². The van der Waals surface area contributed by atoms with Crippen LogP contribution in [0.3, 0.4) is 0 Å². The first-order valence-corrected chi connectivity index (χ1v) is 6.42. The molecule has 0 bridgehead atoms. The molecule has 0 fully saturated rings. The summed E-state index contributed by atoms with van der Waals surface area (Å²) in [5.41, 5.74) is 0.426. The largest absolute Gasteiger partial charge is 0.496 e. The van der Waals surface area contributed by atoms with Gasteiger partial charge in [0, 0.05) is 22.0 Å². The number of aliphatic carboxylic acids is 1. The van der Waals surface area contributed by atoms with Crippen molar-refractivity contribution in [1.29, 1.82) is 0 Å². The highest BCUT2D eigenvalue weighted by molar-refractivity contribution is 9.10. The van der Waals surface area contributed by atoms with Crippen LogP contribution in [0.1, 0.15) is 19.4 Å². The SMILES string of the molecule is COc1ccc(Br)cc1C(C)(C)CNC(=O)C(=O)O. The number of amides is 1. The van der Waals surface area contributed by atoms with Gasteiger partial charge in [-0.1, -0.05) is 29.8 Å². The van der Waals surface area contributed by atoms with Crippen molar-refractivity contribution < 1.29 is 19.4 Å². The van der Waals surface area contributed by atoms with Crippen molar-refractivity contribution >= 4 is 27.8 Å². The van der Waals surface area contributed by atoms with Gasteiger partial charge in [0.1, 0.15) is 5.75 Å². The van der Waals surface area contributed by atoms with E-state index in [9.17, 15) is 9.59 Å². The Balaban J connectivity index is 2.96. The molecule has 0 saturated heterocycles. The van der Waals surface area contributed by atoms with Crippen LogP contribution in [0.25, 0.3) is 0 Å². The molecular weight excluding hydrogens is 314 g/mol. The van der Waals surface area contributed by atoms with Crippen LogP contribution >= 0.6 is 15.9 Å². The molecule has 0 aliphatic heterocycles. The molecule has 1 rings (SSSR count). The first-order valence-electron chi connectivity index (χ1n) is 5.63. The number of carbonyl (C=O) groups is 2. The molecule has 0 atom stereocenters. The zero-order valence-corrected chi connectivity index (χ0v) is 12.6. The van der Waals surface area contributed by atoms with E-state index in [2.05, 4.69) is 21.2 Å². The van der Waals surface area contributed by atoms with Crippen molar-refractivity contribution in [2.75, 3.05) is 13.7 Å². The average molecular weight is 330 g/mol. The van der Waals surface area contributed by atoms with E-state index in [0.29, 0.717) is 5.75 Å². The van der Waals surface area contributed by atoms with Gasteiger partial charge in [-0.2, -0.15) is 0 Å². The molecule has 0 saturated carbocycles. The Hall–Kier alpha value is -1.56. The number of halogens is 1. The van der Waals surface area contributed by atoms with E-state index < -0.39 is 17.3 Å². The van der Waals surface area contributed by atoms with Crippen molar-refractivity contribution in [1.82, 2.24) is 5.32 Å². The molecule has 1 amide bonds. The van der Waals surface area contributed by atoms with Gasteiger partial charge in [0.2, 0.25) is 0 Å². The fourth-order valence-electron chi connectivity index (χ4n) is 1.68. The molecule has 0 heterocycles. The predicted octanol–water partition coefficient (Wildman–Crippen LogP) is 1.94. The Morgan fingerprint density at radius 2 is 2.05 bits per heavy atom. The minimum Gasteiger partial charge on any atom is -0.496 e. The van der Waals surface area contributed by atoms with E-state index >= 15 is 0 Å². The van der Waals surface area contributed by atoms with E-state index in [-0.39, 0.29) is 6.54 Å². The van der Waals surface area contributed by atoms with Crippen LogP contribution in [0, 0.1) is 0 Å². The molecule has 0 spiro atoms. The summed E-state index contributed by atoms with van der Waals surface area (Å²) >= 11 is 3.38. The lowest BCUT2D eigenvalue weighted by atomic mass is 9.84. The van der Waals surface area contributed by atoms with Gasteiger partial charge in [0.25, 0.3) is 0 Å². The topological polar surface area (TPSA) is 75.6 Å². The predicted molar refractivity (Wildman–Crippen MR) is 74.4 cm³/mol. The summed E-state index contributed by atoms with van der Waals surface area (Å²) in [4.78, 5) is 21.6. The molecule has 6 heteroatoms. The number of hydrogen-bond donors (Lipinski definition) is 2. The minimum absolute atomic E-state index is 0.199. The molecule has 19 heavy (non-hydrogen) atoms. The lowest BCUT2D eigenvalue weighted by molar-refractivity contribution is -0.150. The van der Waals surface area contributed by atoms with Crippen molar-refractivity contribution in [3.05, 3.63) is 28.2 Å². The Bertz CT molecular complexity index is 499. The quantitative estimate of drug-likeness (QED) is 0.828. The zero-order chi connectivity index (χ0) is 14.6. The number of nitrogens with one attached hydrogen (secondary N) is 1. The highest BCUT2D eigenvalue weighted by Crippen LogP contribution is 2.33. The molecule has 0 aliphatic rings. The lowest BCUT2D eigenvalue weighted by Crippen LogP contribution is -2.40. The zero-order valence-electron chi connectivity index (χ0n) is 11.0. The van der Waals surface area contributed by atoms with Gasteiger partial charge in [-0.3, -0.25) is 4.79 Å². The molecule has 1 aromatic rings. The molecular formula is C13H16BrNO4. The number of carboxylic acid groups (broad SMARTS) is 1. The standard InChI is InChI=1S/C13H16BrNO4/c1-13(2,7-15-11(16)12(17)18)9-6-8(14)4-5-10(9)19-3/h4-6H,7H2,1-3H3,(H,15,16)(H,17,18). The molecule has 0 radical (unpaired) electrons. The van der Waals surface area contributed by atoms with Crippen molar-refractivity contribution in [3.8, 4) is 5.75 Å². The number of benzene rings is 1. The summed E-state index contributed by atoms with van der Waals surface area (Å²) in [7, 11) is 1.57. The Morgan fingerprint density at radius 1 is 1.42 bits per heavy atom. The van der Waals surface area contributed by atoms with E-state index in [1.807, 2.05) is 32.0 Å². The van der Waals surface area contributed by atoms with Crippen molar-refractivity contribution in [3.63, 3.8) is 0 Å². The maximum atomic E-state index is 11.1. The maximum Gasteiger partial charge on any atom is 0.394 e. The summed E-state index contributed by atoms with van der Waals surface area (Å²) in [6, 6.07) is 5.57. The fraction of sp³-hybridized carbons (Fsp3) is 0.385. The van der Waals surface area contributed by atoms with Crippen LogP contribution in [0.15, 0.2) is 22.7 Å². The number of methoxy groups -OCH3 is 1. The highest BCUT2D eigenvalue weighted by Gasteiger charge is 2.26. The third-order valence-corrected chi connectivity index (χ3v) is 3.27. The third-order valence-electron chi connectivity index (χ3n) is 2.78. The van der Waals surface area contributed by atoms with Crippen molar-refractivity contribution in [2.45, 2.75) is 19.3 Å². The van der Waals surface area contributed by atoms with Gasteiger partial charge < -0.3 is 15.2 Å². The number of rotatable bonds is 4. The van der Waals surface area contributed by atoms with E-state index in [0.717, 1.165) is 10.0 Å². The summed E-state index contributed by atoms with van der Waals surface area (Å²) in [6.45, 7) is 4.00. The van der Waals surface area contributed by atoms with Crippen LogP contribution in [-0.4, -0.2) is 30.6 Å². The summed E-state index contributed by atoms with van der Waals surface area (Å²) in [5.74, 6) is -1.81. The number of hydrogen-bond acceptors (Lipinski definition) is 3. The highest BCUT2D eigenvalue weighted by atomic mass is 79.9. The Labute approximate surface area is 120 Å². The lowest BCUT2D eigenvalue weighted by Gasteiger charge is -2.27. The average Bonchev–Trinajstić information content (AvgIpc) is 2.35. The second-order valence-corrected chi connectivity index (χ2v) is 5.63. The van der Waals surface area contributed by atoms with E-state index in [1.165, 1.54) is 0 Å². The molecule has 2 N–H and O–H groups in total. The molecule has 0 unspecified atom stereocenters. The van der Waals surface area contributed by atoms with Gasteiger partial charge in [-0.05, 0) is 18.2 Å². The second kappa shape index (κ2) is 6.06. The van der Waals surface area contributed by atoms with Crippen LogP contribution in [0.5, 0.6) is 5.75 Å². The Morgan fingerprint density at radius 3 is 2.58 bits per heavy atom. The molecule has 1 aromatic carbocycles. The normalized spacial score (nSPS) is 10.9. The van der Waals surface area contributed by atoms with Crippen LogP contribution in [-0.2, 0) is 15.0 Å². The van der Waals surface area contributed by atoms with E-state index in [1.54, 1.807) is 7.11 Å². The van der Waals surface area contributed by atoms with Crippen molar-refractivity contribution in [2.24, 2.45) is 0 Å². The molecule has 5 nitrogen and oxygen atoms in total. The summed E-state index contributed by atoms with van der Waals surface area (Å²) in [6.07, 6.45) is 0.